The fourth-order valence-electron chi connectivity index (χ4n) is 4.41. The van der Waals surface area contributed by atoms with E-state index in [9.17, 15) is 14.4 Å². The zero-order valence-corrected chi connectivity index (χ0v) is 22.2. The number of fused-ring (bicyclic) bond motifs is 2. The summed E-state index contributed by atoms with van der Waals surface area (Å²) in [6.45, 7) is 3.51. The van der Waals surface area contributed by atoms with E-state index in [-0.39, 0.29) is 24.0 Å². The highest BCUT2D eigenvalue weighted by Gasteiger charge is 2.23. The van der Waals surface area contributed by atoms with Crippen LogP contribution in [0.5, 0.6) is 5.75 Å². The van der Waals surface area contributed by atoms with Crippen LogP contribution in [0.2, 0.25) is 0 Å². The quantitative estimate of drug-likeness (QED) is 0.219. The van der Waals surface area contributed by atoms with E-state index in [1.54, 1.807) is 14.0 Å². The molecule has 2 aromatic heterocycles. The maximum atomic E-state index is 13.2. The molecule has 0 aliphatic heterocycles. The molecule has 0 radical (unpaired) electrons. The highest BCUT2D eigenvalue weighted by molar-refractivity contribution is 7.22. The molecule has 2 amide bonds. The first-order valence-electron chi connectivity index (χ1n) is 12.4. The third-order valence-corrected chi connectivity index (χ3v) is 7.31. The number of nitrogens with one attached hydrogen (secondary N) is 3. The average Bonchev–Trinajstić information content (AvgIpc) is 3.42. The lowest BCUT2D eigenvalue weighted by Gasteiger charge is -2.18. The van der Waals surface area contributed by atoms with Gasteiger partial charge in [-0.25, -0.2) is 4.98 Å². The van der Waals surface area contributed by atoms with Crippen LogP contribution < -0.4 is 15.4 Å². The van der Waals surface area contributed by atoms with Gasteiger partial charge in [0.2, 0.25) is 11.8 Å². The normalized spacial score (nSPS) is 12.0. The number of aryl methyl sites for hydroxylation is 1. The third kappa shape index (κ3) is 6.74. The molecule has 0 saturated carbocycles. The lowest BCUT2D eigenvalue weighted by atomic mass is 10.0. The fourth-order valence-corrected chi connectivity index (χ4v) is 5.28. The van der Waals surface area contributed by atoms with E-state index < -0.39 is 6.04 Å². The maximum Gasteiger partial charge on any atom is 0.248 e. The van der Waals surface area contributed by atoms with Gasteiger partial charge in [-0.2, -0.15) is 0 Å². The van der Waals surface area contributed by atoms with E-state index >= 15 is 0 Å². The molecule has 37 heavy (non-hydrogen) atoms. The van der Waals surface area contributed by atoms with Crippen LogP contribution in [-0.4, -0.2) is 40.7 Å². The van der Waals surface area contributed by atoms with Crippen LogP contribution in [-0.2, 0) is 20.8 Å². The Labute approximate surface area is 219 Å². The van der Waals surface area contributed by atoms with E-state index in [0.717, 1.165) is 51.6 Å². The molecule has 0 fully saturated rings. The summed E-state index contributed by atoms with van der Waals surface area (Å²) in [5.74, 6) is 0.340. The van der Waals surface area contributed by atoms with Gasteiger partial charge in [-0.3, -0.25) is 9.59 Å². The first-order valence-corrected chi connectivity index (χ1v) is 13.3. The number of ketones is 1. The number of unbranched alkanes of at least 4 members (excludes halogenated alkanes) is 2. The molecular formula is C28H32N4O4S. The Balaban J connectivity index is 1.46. The molecule has 4 aromatic rings. The fraction of sp³-hybridized carbons (Fsp3) is 0.357. The molecule has 0 aliphatic carbocycles. The Hall–Kier alpha value is -3.72. The summed E-state index contributed by atoms with van der Waals surface area (Å²) in [6.07, 6.45) is 3.43. The number of aromatic amines is 1. The minimum Gasteiger partial charge on any atom is -0.497 e. The number of benzene rings is 2. The maximum absolute atomic E-state index is 13.2. The van der Waals surface area contributed by atoms with Crippen molar-refractivity contribution in [1.29, 1.82) is 0 Å². The van der Waals surface area contributed by atoms with Crippen molar-refractivity contribution in [3.63, 3.8) is 0 Å². The molecule has 2 heterocycles. The van der Waals surface area contributed by atoms with Gasteiger partial charge >= 0.3 is 0 Å². The molecule has 4 rings (SSSR count). The van der Waals surface area contributed by atoms with Crippen molar-refractivity contribution < 1.29 is 19.1 Å². The summed E-state index contributed by atoms with van der Waals surface area (Å²) < 4.78 is 6.33. The van der Waals surface area contributed by atoms with E-state index in [4.69, 9.17) is 4.74 Å². The van der Waals surface area contributed by atoms with Crippen molar-refractivity contribution in [3.05, 3.63) is 53.7 Å². The smallest absolute Gasteiger partial charge is 0.248 e. The SMILES string of the molecule is COc1ccc2[nH]c(C)c(CC(=O)NC(CCCCCC(C)=O)C(=O)Nc3nc4ccccc4s3)c2c1. The first-order chi connectivity index (χ1) is 17.8. The van der Waals surface area contributed by atoms with Crippen molar-refractivity contribution in [2.45, 2.75) is 58.4 Å². The largest absolute Gasteiger partial charge is 0.497 e. The predicted octanol–water partition coefficient (Wildman–Crippen LogP) is 5.30. The number of carbonyl (C=O) groups is 3. The number of para-hydroxylation sites is 1. The number of carbonyl (C=O) groups excluding carboxylic acids is 3. The van der Waals surface area contributed by atoms with Gasteiger partial charge in [0.05, 0.1) is 23.7 Å². The Morgan fingerprint density at radius 1 is 1.11 bits per heavy atom. The summed E-state index contributed by atoms with van der Waals surface area (Å²) in [7, 11) is 1.61. The molecule has 0 saturated heterocycles. The van der Waals surface area contributed by atoms with Gasteiger partial charge in [0.25, 0.3) is 0 Å². The van der Waals surface area contributed by atoms with Crippen molar-refractivity contribution in [2.24, 2.45) is 0 Å². The van der Waals surface area contributed by atoms with E-state index in [1.807, 2.05) is 49.4 Å². The third-order valence-electron chi connectivity index (χ3n) is 6.36. The van der Waals surface area contributed by atoms with Crippen LogP contribution in [0, 0.1) is 6.92 Å². The number of nitrogens with zero attached hydrogens (tertiary/aromatic N) is 1. The number of ether oxygens (including phenoxy) is 1. The molecule has 3 N–H and O–H groups in total. The number of anilines is 1. The molecule has 0 aliphatic rings. The molecule has 8 nitrogen and oxygen atoms in total. The monoisotopic (exact) mass is 520 g/mol. The summed E-state index contributed by atoms with van der Waals surface area (Å²) in [6, 6.07) is 12.7. The molecule has 0 bridgehead atoms. The van der Waals surface area contributed by atoms with E-state index in [0.29, 0.717) is 23.7 Å². The topological polar surface area (TPSA) is 113 Å². The lowest BCUT2D eigenvalue weighted by Crippen LogP contribution is -2.44. The predicted molar refractivity (Wildman–Crippen MR) is 147 cm³/mol. The minimum atomic E-state index is -0.711. The molecule has 194 valence electrons. The van der Waals surface area contributed by atoms with Crippen molar-refractivity contribution in [1.82, 2.24) is 15.3 Å². The van der Waals surface area contributed by atoms with Crippen molar-refractivity contribution in [3.8, 4) is 5.75 Å². The number of hydrogen-bond donors (Lipinski definition) is 3. The number of amides is 2. The van der Waals surface area contributed by atoms with Crippen LogP contribution in [0.3, 0.4) is 0 Å². The molecule has 1 atom stereocenters. The van der Waals surface area contributed by atoms with Gasteiger partial charge in [0.1, 0.15) is 17.6 Å². The molecule has 9 heteroatoms. The Kier molecular flexibility index (Phi) is 8.55. The van der Waals surface area contributed by atoms with Gasteiger partial charge in [0, 0.05) is 23.0 Å². The Morgan fingerprint density at radius 2 is 1.92 bits per heavy atom. The summed E-state index contributed by atoms with van der Waals surface area (Å²) >= 11 is 1.40. The number of aromatic nitrogens is 2. The highest BCUT2D eigenvalue weighted by atomic mass is 32.1. The summed E-state index contributed by atoms with van der Waals surface area (Å²) in [4.78, 5) is 45.4. The van der Waals surface area contributed by atoms with Crippen LogP contribution >= 0.6 is 11.3 Å². The number of methoxy groups -OCH3 is 1. The van der Waals surface area contributed by atoms with Gasteiger partial charge in [-0.05, 0) is 62.6 Å². The first kappa shape index (κ1) is 26.3. The molecule has 0 spiro atoms. The lowest BCUT2D eigenvalue weighted by molar-refractivity contribution is -0.126. The zero-order chi connectivity index (χ0) is 26.4. The van der Waals surface area contributed by atoms with Gasteiger partial charge in [0.15, 0.2) is 5.13 Å². The molecule has 2 aromatic carbocycles. The van der Waals surface area contributed by atoms with Crippen LogP contribution in [0.25, 0.3) is 21.1 Å². The van der Waals surface area contributed by atoms with Crippen LogP contribution in [0.15, 0.2) is 42.5 Å². The highest BCUT2D eigenvalue weighted by Crippen LogP contribution is 2.27. The van der Waals surface area contributed by atoms with Crippen LogP contribution in [0.1, 0.15) is 50.3 Å². The summed E-state index contributed by atoms with van der Waals surface area (Å²) in [5.41, 5.74) is 3.52. The van der Waals surface area contributed by atoms with Crippen molar-refractivity contribution >= 4 is 55.2 Å². The average molecular weight is 521 g/mol. The number of thiazole rings is 1. The van der Waals surface area contributed by atoms with Crippen molar-refractivity contribution in [2.75, 3.05) is 12.4 Å². The molecular weight excluding hydrogens is 488 g/mol. The van der Waals surface area contributed by atoms with Gasteiger partial charge in [-0.1, -0.05) is 36.3 Å². The van der Waals surface area contributed by atoms with E-state index in [1.165, 1.54) is 11.3 Å². The molecule has 1 unspecified atom stereocenters. The second-order valence-electron chi connectivity index (χ2n) is 9.21. The summed E-state index contributed by atoms with van der Waals surface area (Å²) in [5, 5.41) is 7.26. The second-order valence-corrected chi connectivity index (χ2v) is 10.2. The number of H-pyrrole nitrogens is 1. The Bertz CT molecular complexity index is 1390. The second kappa shape index (κ2) is 12.0. The standard InChI is InChI=1S/C28H32N4O4S/c1-17(33)9-5-4-6-11-24(27(35)32-28-31-23-10-7-8-12-25(23)37-28)30-26(34)16-20-18(2)29-22-14-13-19(36-3)15-21(20)22/h7-8,10,12-15,24,29H,4-6,9,11,16H2,1-3H3,(H,30,34)(H,31,32,35). The number of hydrogen-bond acceptors (Lipinski definition) is 6. The number of Topliss-reactive ketones (excluding diaryl/α,β-unsaturated/α-hetero) is 1. The Morgan fingerprint density at radius 3 is 2.68 bits per heavy atom. The zero-order valence-electron chi connectivity index (χ0n) is 21.3. The van der Waals surface area contributed by atoms with Gasteiger partial charge < -0.3 is 25.1 Å². The number of rotatable bonds is 12. The van der Waals surface area contributed by atoms with Gasteiger partial charge in [-0.15, -0.1) is 0 Å². The van der Waals surface area contributed by atoms with E-state index in [2.05, 4.69) is 20.6 Å². The van der Waals surface area contributed by atoms with Crippen LogP contribution in [0.4, 0.5) is 5.13 Å². The minimum absolute atomic E-state index is 0.133.